The summed E-state index contributed by atoms with van der Waals surface area (Å²) >= 11 is 0. The maximum Gasteiger partial charge on any atom is 0.134 e. The first-order chi connectivity index (χ1) is 10.1. The van der Waals surface area contributed by atoms with Gasteiger partial charge >= 0.3 is 0 Å². The van der Waals surface area contributed by atoms with Gasteiger partial charge in [0.25, 0.3) is 0 Å². The van der Waals surface area contributed by atoms with Crippen molar-refractivity contribution in [3.05, 3.63) is 70.7 Å². The second kappa shape index (κ2) is 5.34. The largest absolute Gasteiger partial charge is 0.464 e. The van der Waals surface area contributed by atoms with Gasteiger partial charge in [0, 0.05) is 16.5 Å². The highest BCUT2D eigenvalue weighted by Crippen LogP contribution is 2.33. The van der Waals surface area contributed by atoms with E-state index in [1.807, 2.05) is 51.2 Å². The summed E-state index contributed by atoms with van der Waals surface area (Å²) in [6.07, 6.45) is 1.71. The molecule has 1 N–H and O–H groups in total. The Labute approximate surface area is 123 Å². The average Bonchev–Trinajstić information content (AvgIpc) is 2.86. The minimum absolute atomic E-state index is 0.183. The topological polar surface area (TPSA) is 25.2 Å². The molecule has 2 nitrogen and oxygen atoms in total. The highest BCUT2D eigenvalue weighted by Gasteiger charge is 2.22. The van der Waals surface area contributed by atoms with E-state index in [4.69, 9.17) is 4.42 Å². The Morgan fingerprint density at radius 3 is 2.62 bits per heavy atom. The molecule has 1 heterocycles. The van der Waals surface area contributed by atoms with Crippen LogP contribution in [0.5, 0.6) is 0 Å². The lowest BCUT2D eigenvalue weighted by atomic mass is 9.93. The predicted molar refractivity (Wildman–Crippen MR) is 83.0 cm³/mol. The Morgan fingerprint density at radius 1 is 1.14 bits per heavy atom. The molecular weight excluding hydrogens is 265 g/mol. The van der Waals surface area contributed by atoms with E-state index in [9.17, 15) is 4.39 Å². The Morgan fingerprint density at radius 2 is 1.90 bits per heavy atom. The summed E-state index contributed by atoms with van der Waals surface area (Å²) in [5, 5.41) is 4.22. The summed E-state index contributed by atoms with van der Waals surface area (Å²) in [5.74, 6) is -0.183. The van der Waals surface area contributed by atoms with Gasteiger partial charge in [-0.05, 0) is 44.2 Å². The number of halogens is 1. The zero-order valence-electron chi connectivity index (χ0n) is 12.4. The van der Waals surface area contributed by atoms with Crippen LogP contribution >= 0.6 is 0 Å². The normalized spacial score (nSPS) is 12.8. The summed E-state index contributed by atoms with van der Waals surface area (Å²) in [4.78, 5) is 0. The fraction of sp³-hybridized carbons (Fsp3) is 0.222. The van der Waals surface area contributed by atoms with Crippen molar-refractivity contribution in [1.82, 2.24) is 5.32 Å². The second-order valence-electron chi connectivity index (χ2n) is 5.39. The number of nitrogens with one attached hydrogen (secondary N) is 1. The minimum atomic E-state index is -0.228. The second-order valence-corrected chi connectivity index (χ2v) is 5.39. The van der Waals surface area contributed by atoms with Crippen LogP contribution < -0.4 is 5.32 Å². The third kappa shape index (κ3) is 2.34. The maximum atomic E-state index is 14.5. The Bertz CT molecular complexity index is 768. The lowest BCUT2D eigenvalue weighted by Gasteiger charge is -2.19. The van der Waals surface area contributed by atoms with Crippen molar-refractivity contribution in [2.24, 2.45) is 0 Å². The van der Waals surface area contributed by atoms with Crippen molar-refractivity contribution in [3.8, 4) is 0 Å². The van der Waals surface area contributed by atoms with E-state index in [1.54, 1.807) is 12.3 Å². The number of fused-ring (bicyclic) bond motifs is 1. The van der Waals surface area contributed by atoms with Gasteiger partial charge in [-0.3, -0.25) is 0 Å². The summed E-state index contributed by atoms with van der Waals surface area (Å²) in [6.45, 7) is 3.85. The monoisotopic (exact) mass is 283 g/mol. The van der Waals surface area contributed by atoms with Gasteiger partial charge in [0.05, 0.1) is 12.3 Å². The fourth-order valence-corrected chi connectivity index (χ4v) is 2.97. The van der Waals surface area contributed by atoms with Crippen molar-refractivity contribution in [3.63, 3.8) is 0 Å². The number of hydrogen-bond acceptors (Lipinski definition) is 2. The first-order valence-corrected chi connectivity index (χ1v) is 7.02. The highest BCUT2D eigenvalue weighted by atomic mass is 19.1. The number of aryl methyl sites for hydroxylation is 2. The molecule has 0 amide bonds. The zero-order valence-corrected chi connectivity index (χ0v) is 12.4. The molecule has 1 unspecified atom stereocenters. The molecule has 0 radical (unpaired) electrons. The molecule has 0 aliphatic carbocycles. The Kier molecular flexibility index (Phi) is 3.52. The number of para-hydroxylation sites is 1. The van der Waals surface area contributed by atoms with Gasteiger partial charge in [-0.25, -0.2) is 4.39 Å². The number of rotatable bonds is 3. The van der Waals surface area contributed by atoms with Crippen molar-refractivity contribution in [2.75, 3.05) is 7.05 Å². The van der Waals surface area contributed by atoms with Crippen LogP contribution in [0.2, 0.25) is 0 Å². The lowest BCUT2D eigenvalue weighted by molar-refractivity contribution is 0.562. The molecule has 1 atom stereocenters. The van der Waals surface area contributed by atoms with Gasteiger partial charge < -0.3 is 9.73 Å². The van der Waals surface area contributed by atoms with Gasteiger partial charge in [0.1, 0.15) is 11.4 Å². The quantitative estimate of drug-likeness (QED) is 0.765. The molecule has 21 heavy (non-hydrogen) atoms. The summed E-state index contributed by atoms with van der Waals surface area (Å²) in [6, 6.07) is 11.2. The number of hydrogen-bond donors (Lipinski definition) is 1. The lowest BCUT2D eigenvalue weighted by Crippen LogP contribution is -2.20. The smallest absolute Gasteiger partial charge is 0.134 e. The van der Waals surface area contributed by atoms with Crippen LogP contribution in [0, 0.1) is 19.7 Å². The zero-order chi connectivity index (χ0) is 15.0. The van der Waals surface area contributed by atoms with Crippen LogP contribution in [0.3, 0.4) is 0 Å². The van der Waals surface area contributed by atoms with Crippen LogP contribution in [0.1, 0.15) is 28.3 Å². The molecule has 0 aliphatic heterocycles. The molecule has 108 valence electrons. The van der Waals surface area contributed by atoms with E-state index in [-0.39, 0.29) is 11.9 Å². The van der Waals surface area contributed by atoms with Crippen LogP contribution in [-0.4, -0.2) is 7.05 Å². The van der Waals surface area contributed by atoms with E-state index < -0.39 is 0 Å². The van der Waals surface area contributed by atoms with Crippen molar-refractivity contribution < 1.29 is 8.81 Å². The standard InChI is InChI=1S/C18H18FNO/c1-11-8-12(2)17(15(19)9-11)18(20-3)14-10-21-16-7-5-4-6-13(14)16/h4-10,18,20H,1-3H3. The SMILES string of the molecule is CNC(c1c(C)cc(C)cc1F)c1coc2ccccc12. The molecule has 0 aliphatic rings. The van der Waals surface area contributed by atoms with E-state index in [1.165, 1.54) is 0 Å². The summed E-state index contributed by atoms with van der Waals surface area (Å²) < 4.78 is 20.1. The molecule has 0 bridgehead atoms. The Hall–Kier alpha value is -2.13. The third-order valence-electron chi connectivity index (χ3n) is 3.88. The summed E-state index contributed by atoms with van der Waals surface area (Å²) in [7, 11) is 1.84. The van der Waals surface area contributed by atoms with Gasteiger partial charge in [-0.1, -0.05) is 24.3 Å². The molecule has 0 saturated heterocycles. The number of benzene rings is 2. The van der Waals surface area contributed by atoms with Crippen molar-refractivity contribution >= 4 is 11.0 Å². The van der Waals surface area contributed by atoms with Crippen molar-refractivity contribution in [2.45, 2.75) is 19.9 Å². The molecule has 0 saturated carbocycles. The molecular formula is C18H18FNO. The van der Waals surface area contributed by atoms with Crippen LogP contribution in [0.25, 0.3) is 11.0 Å². The third-order valence-corrected chi connectivity index (χ3v) is 3.88. The summed E-state index contributed by atoms with van der Waals surface area (Å²) in [5.41, 5.74) is 4.32. The van der Waals surface area contributed by atoms with E-state index in [2.05, 4.69) is 5.32 Å². The highest BCUT2D eigenvalue weighted by molar-refractivity contribution is 5.82. The van der Waals surface area contributed by atoms with Crippen LogP contribution in [0.4, 0.5) is 4.39 Å². The van der Waals surface area contributed by atoms with E-state index >= 15 is 0 Å². The maximum absolute atomic E-state index is 14.5. The molecule has 3 rings (SSSR count). The van der Waals surface area contributed by atoms with Gasteiger partial charge in [0.2, 0.25) is 0 Å². The average molecular weight is 283 g/mol. The van der Waals surface area contributed by atoms with Crippen molar-refractivity contribution in [1.29, 1.82) is 0 Å². The Balaban J connectivity index is 2.19. The van der Waals surface area contributed by atoms with E-state index in [0.717, 1.165) is 27.7 Å². The molecule has 0 spiro atoms. The first-order valence-electron chi connectivity index (χ1n) is 7.02. The van der Waals surface area contributed by atoms with Crippen LogP contribution in [-0.2, 0) is 0 Å². The molecule has 1 aromatic heterocycles. The first kappa shape index (κ1) is 13.8. The minimum Gasteiger partial charge on any atom is -0.464 e. The molecule has 3 heteroatoms. The van der Waals surface area contributed by atoms with Gasteiger partial charge in [0.15, 0.2) is 0 Å². The van der Waals surface area contributed by atoms with E-state index in [0.29, 0.717) is 5.56 Å². The fourth-order valence-electron chi connectivity index (χ4n) is 2.97. The van der Waals surface area contributed by atoms with Crippen LogP contribution in [0.15, 0.2) is 47.1 Å². The van der Waals surface area contributed by atoms with Gasteiger partial charge in [-0.2, -0.15) is 0 Å². The molecule has 3 aromatic rings. The molecule has 2 aromatic carbocycles. The predicted octanol–water partition coefficient (Wildman–Crippen LogP) is 4.50. The molecule has 0 fully saturated rings. The number of furan rings is 1. The van der Waals surface area contributed by atoms with Gasteiger partial charge in [-0.15, -0.1) is 0 Å².